The van der Waals surface area contributed by atoms with E-state index in [0.29, 0.717) is 17.1 Å². The Balaban J connectivity index is 1.90. The molecule has 0 unspecified atom stereocenters. The molecule has 1 amide bonds. The number of aromatic nitrogens is 3. The standard InChI is InChI=1S/C14H15FN4O/c1-10-13(14(20)18-8-2-3-9-18)17-19(16-10)12-6-4-11(15)5-7-12/h4-7H,2-3,8-9H2,1H3. The molecule has 1 fully saturated rings. The third-order valence-corrected chi connectivity index (χ3v) is 3.44. The van der Waals surface area contributed by atoms with Gasteiger partial charge >= 0.3 is 0 Å². The largest absolute Gasteiger partial charge is 0.337 e. The van der Waals surface area contributed by atoms with Crippen LogP contribution < -0.4 is 0 Å². The summed E-state index contributed by atoms with van der Waals surface area (Å²) in [5.74, 6) is -0.389. The van der Waals surface area contributed by atoms with E-state index in [2.05, 4.69) is 10.2 Å². The van der Waals surface area contributed by atoms with Gasteiger partial charge in [0.05, 0.1) is 11.4 Å². The molecule has 0 aliphatic carbocycles. The Morgan fingerprint density at radius 2 is 1.80 bits per heavy atom. The van der Waals surface area contributed by atoms with Gasteiger partial charge in [-0.3, -0.25) is 4.79 Å². The third-order valence-electron chi connectivity index (χ3n) is 3.44. The van der Waals surface area contributed by atoms with Gasteiger partial charge in [0.2, 0.25) is 0 Å². The van der Waals surface area contributed by atoms with Gasteiger partial charge in [0.15, 0.2) is 5.69 Å². The van der Waals surface area contributed by atoms with Crippen LogP contribution in [0.5, 0.6) is 0 Å². The molecule has 0 saturated carbocycles. The van der Waals surface area contributed by atoms with Crippen LogP contribution in [0.4, 0.5) is 4.39 Å². The van der Waals surface area contributed by atoms with Crippen LogP contribution >= 0.6 is 0 Å². The summed E-state index contributed by atoms with van der Waals surface area (Å²) in [6.45, 7) is 3.32. The monoisotopic (exact) mass is 274 g/mol. The van der Waals surface area contributed by atoms with Crippen LogP contribution in [-0.4, -0.2) is 38.9 Å². The molecule has 5 nitrogen and oxygen atoms in total. The zero-order chi connectivity index (χ0) is 14.1. The number of carbonyl (C=O) groups is 1. The molecule has 6 heteroatoms. The van der Waals surface area contributed by atoms with E-state index in [1.54, 1.807) is 24.0 Å². The number of rotatable bonds is 2. The van der Waals surface area contributed by atoms with Crippen LogP contribution in [0.2, 0.25) is 0 Å². The van der Waals surface area contributed by atoms with Crippen molar-refractivity contribution in [2.45, 2.75) is 19.8 Å². The first kappa shape index (κ1) is 12.8. The average Bonchev–Trinajstić information content (AvgIpc) is 3.08. The van der Waals surface area contributed by atoms with E-state index in [1.807, 2.05) is 0 Å². The van der Waals surface area contributed by atoms with Crippen molar-refractivity contribution in [1.29, 1.82) is 0 Å². The topological polar surface area (TPSA) is 51.0 Å². The molecule has 1 aliphatic heterocycles. The lowest BCUT2D eigenvalue weighted by molar-refractivity contribution is 0.0786. The van der Waals surface area contributed by atoms with Gasteiger partial charge in [0.1, 0.15) is 5.82 Å². The summed E-state index contributed by atoms with van der Waals surface area (Å²) in [4.78, 5) is 15.5. The van der Waals surface area contributed by atoms with E-state index in [4.69, 9.17) is 0 Å². The van der Waals surface area contributed by atoms with Crippen molar-refractivity contribution in [2.75, 3.05) is 13.1 Å². The van der Waals surface area contributed by atoms with Crippen molar-refractivity contribution in [3.05, 3.63) is 41.5 Å². The summed E-state index contributed by atoms with van der Waals surface area (Å²) >= 11 is 0. The van der Waals surface area contributed by atoms with E-state index in [0.717, 1.165) is 25.9 Å². The van der Waals surface area contributed by atoms with Crippen LogP contribution in [0, 0.1) is 12.7 Å². The molecule has 2 aromatic rings. The van der Waals surface area contributed by atoms with Crippen molar-refractivity contribution in [3.63, 3.8) is 0 Å². The van der Waals surface area contributed by atoms with Crippen molar-refractivity contribution < 1.29 is 9.18 Å². The van der Waals surface area contributed by atoms with Gasteiger partial charge in [0.25, 0.3) is 5.91 Å². The fourth-order valence-corrected chi connectivity index (χ4v) is 2.34. The summed E-state index contributed by atoms with van der Waals surface area (Å²) < 4.78 is 12.9. The second-order valence-corrected chi connectivity index (χ2v) is 4.90. The number of amides is 1. The molecule has 1 aromatic carbocycles. The number of aryl methyl sites for hydroxylation is 1. The Morgan fingerprint density at radius 1 is 1.15 bits per heavy atom. The Kier molecular flexibility index (Phi) is 3.22. The fraction of sp³-hybridized carbons (Fsp3) is 0.357. The minimum Gasteiger partial charge on any atom is -0.337 e. The first-order valence-corrected chi connectivity index (χ1v) is 6.64. The minimum absolute atomic E-state index is 0.0756. The molecule has 3 rings (SSSR count). The highest BCUT2D eigenvalue weighted by Gasteiger charge is 2.24. The molecular formula is C14H15FN4O. The number of benzene rings is 1. The van der Waals surface area contributed by atoms with Crippen molar-refractivity contribution in [1.82, 2.24) is 19.9 Å². The number of hydrogen-bond acceptors (Lipinski definition) is 3. The molecule has 0 N–H and O–H groups in total. The van der Waals surface area contributed by atoms with Gasteiger partial charge in [-0.2, -0.15) is 9.90 Å². The zero-order valence-corrected chi connectivity index (χ0v) is 11.2. The van der Waals surface area contributed by atoms with E-state index in [9.17, 15) is 9.18 Å². The minimum atomic E-state index is -0.314. The summed E-state index contributed by atoms with van der Waals surface area (Å²) in [7, 11) is 0. The summed E-state index contributed by atoms with van der Waals surface area (Å²) in [5.41, 5.74) is 1.59. The van der Waals surface area contributed by atoms with Gasteiger partial charge in [-0.25, -0.2) is 4.39 Å². The molecular weight excluding hydrogens is 259 g/mol. The van der Waals surface area contributed by atoms with Crippen LogP contribution in [0.15, 0.2) is 24.3 Å². The first-order chi connectivity index (χ1) is 9.65. The lowest BCUT2D eigenvalue weighted by atomic mass is 10.3. The first-order valence-electron chi connectivity index (χ1n) is 6.64. The van der Waals surface area contributed by atoms with Gasteiger partial charge < -0.3 is 4.90 Å². The van der Waals surface area contributed by atoms with Crippen LogP contribution in [0.25, 0.3) is 5.69 Å². The maximum atomic E-state index is 12.9. The number of halogens is 1. The molecule has 0 spiro atoms. The van der Waals surface area contributed by atoms with Crippen LogP contribution in [0.1, 0.15) is 29.0 Å². The highest BCUT2D eigenvalue weighted by atomic mass is 19.1. The smallest absolute Gasteiger partial charge is 0.276 e. The summed E-state index contributed by atoms with van der Waals surface area (Å²) in [5, 5.41) is 8.48. The Hall–Kier alpha value is -2.24. The Labute approximate surface area is 116 Å². The highest BCUT2D eigenvalue weighted by molar-refractivity contribution is 5.93. The second kappa shape index (κ2) is 5.03. The van der Waals surface area contributed by atoms with Crippen molar-refractivity contribution in [3.8, 4) is 5.69 Å². The van der Waals surface area contributed by atoms with E-state index in [-0.39, 0.29) is 11.7 Å². The van der Waals surface area contributed by atoms with Gasteiger partial charge in [-0.1, -0.05) is 0 Å². The molecule has 1 aliphatic rings. The normalized spacial score (nSPS) is 14.8. The molecule has 20 heavy (non-hydrogen) atoms. The van der Waals surface area contributed by atoms with E-state index in [1.165, 1.54) is 16.9 Å². The Morgan fingerprint density at radius 3 is 2.45 bits per heavy atom. The molecule has 0 atom stereocenters. The fourth-order valence-electron chi connectivity index (χ4n) is 2.34. The van der Waals surface area contributed by atoms with Crippen LogP contribution in [-0.2, 0) is 0 Å². The summed E-state index contributed by atoms with van der Waals surface area (Å²) in [6, 6.07) is 5.85. The molecule has 0 radical (unpaired) electrons. The summed E-state index contributed by atoms with van der Waals surface area (Å²) in [6.07, 6.45) is 2.08. The lowest BCUT2D eigenvalue weighted by Crippen LogP contribution is -2.28. The molecule has 1 aromatic heterocycles. The van der Waals surface area contributed by atoms with E-state index < -0.39 is 0 Å². The molecule has 0 bridgehead atoms. The number of likely N-dealkylation sites (tertiary alicyclic amines) is 1. The van der Waals surface area contributed by atoms with Crippen LogP contribution in [0.3, 0.4) is 0 Å². The molecule has 1 saturated heterocycles. The van der Waals surface area contributed by atoms with Crippen molar-refractivity contribution >= 4 is 5.91 Å². The van der Waals surface area contributed by atoms with Gasteiger partial charge in [-0.15, -0.1) is 5.10 Å². The maximum absolute atomic E-state index is 12.9. The second-order valence-electron chi connectivity index (χ2n) is 4.90. The van der Waals surface area contributed by atoms with E-state index >= 15 is 0 Å². The molecule has 2 heterocycles. The quantitative estimate of drug-likeness (QED) is 0.841. The predicted molar refractivity (Wildman–Crippen MR) is 71.2 cm³/mol. The molecule has 104 valence electrons. The van der Waals surface area contributed by atoms with Crippen molar-refractivity contribution in [2.24, 2.45) is 0 Å². The average molecular weight is 274 g/mol. The van der Waals surface area contributed by atoms with Gasteiger partial charge in [0, 0.05) is 13.1 Å². The highest BCUT2D eigenvalue weighted by Crippen LogP contribution is 2.15. The number of carbonyl (C=O) groups excluding carboxylic acids is 1. The Bertz CT molecular complexity index is 629. The predicted octanol–water partition coefficient (Wildman–Crippen LogP) is 1.95. The van der Waals surface area contributed by atoms with Gasteiger partial charge in [-0.05, 0) is 44.0 Å². The zero-order valence-electron chi connectivity index (χ0n) is 11.2. The maximum Gasteiger partial charge on any atom is 0.276 e. The third kappa shape index (κ3) is 2.29. The lowest BCUT2D eigenvalue weighted by Gasteiger charge is -2.13. The SMILES string of the molecule is Cc1nn(-c2ccc(F)cc2)nc1C(=O)N1CCCC1. The number of nitrogens with zero attached hydrogens (tertiary/aromatic N) is 4. The number of hydrogen-bond donors (Lipinski definition) is 0.